The van der Waals surface area contributed by atoms with Crippen molar-refractivity contribution in [2.75, 3.05) is 0 Å². The highest BCUT2D eigenvalue weighted by atomic mass is 32.1. The smallest absolute Gasteiger partial charge is 0.174 e. The van der Waals surface area contributed by atoms with Crippen molar-refractivity contribution in [2.24, 2.45) is 5.92 Å². The minimum absolute atomic E-state index is 0.299. The molecular weight excluding hydrogens is 206 g/mol. The van der Waals surface area contributed by atoms with E-state index >= 15 is 0 Å². The van der Waals surface area contributed by atoms with Crippen molar-refractivity contribution in [2.45, 2.75) is 45.4 Å². The van der Waals surface area contributed by atoms with E-state index in [2.05, 4.69) is 4.98 Å². The fraction of sp³-hybridized carbons (Fsp3) is 0.667. The lowest BCUT2D eigenvalue weighted by atomic mass is 9.86. The van der Waals surface area contributed by atoms with Crippen LogP contribution in [0.15, 0.2) is 6.20 Å². The Morgan fingerprint density at radius 1 is 1.47 bits per heavy atom. The summed E-state index contributed by atoms with van der Waals surface area (Å²) in [6.07, 6.45) is 8.91. The van der Waals surface area contributed by atoms with E-state index in [0.717, 1.165) is 16.3 Å². The monoisotopic (exact) mass is 223 g/mol. The van der Waals surface area contributed by atoms with E-state index in [4.69, 9.17) is 0 Å². The van der Waals surface area contributed by atoms with Crippen LogP contribution in [0.1, 0.15) is 53.2 Å². The first-order valence-electron chi connectivity index (χ1n) is 5.71. The number of hydrogen-bond donors (Lipinski definition) is 0. The van der Waals surface area contributed by atoms with Gasteiger partial charge in [0.05, 0.1) is 9.88 Å². The Bertz CT molecular complexity index is 339. The molecule has 2 nitrogen and oxygen atoms in total. The molecule has 0 atom stereocenters. The topological polar surface area (TPSA) is 30.0 Å². The Labute approximate surface area is 94.7 Å². The van der Waals surface area contributed by atoms with Gasteiger partial charge in [0.25, 0.3) is 0 Å². The Morgan fingerprint density at radius 3 is 2.80 bits per heavy atom. The Morgan fingerprint density at radius 2 is 2.20 bits per heavy atom. The van der Waals surface area contributed by atoms with Gasteiger partial charge in [0, 0.05) is 12.6 Å². The lowest BCUT2D eigenvalue weighted by molar-refractivity contribution is 0.0954. The zero-order valence-corrected chi connectivity index (χ0v) is 9.98. The number of nitrogens with zero attached hydrogens (tertiary/aromatic N) is 1. The summed E-state index contributed by atoms with van der Waals surface area (Å²) in [6.45, 7) is 1.95. The average Bonchev–Trinajstić information content (AvgIpc) is 2.66. The normalized spacial score (nSPS) is 17.9. The van der Waals surface area contributed by atoms with Crippen LogP contribution in [0.5, 0.6) is 0 Å². The summed E-state index contributed by atoms with van der Waals surface area (Å²) in [5.41, 5.74) is 0. The first-order chi connectivity index (χ1) is 7.25. The number of rotatable bonds is 3. The second kappa shape index (κ2) is 4.88. The quantitative estimate of drug-likeness (QED) is 0.733. The van der Waals surface area contributed by atoms with Crippen LogP contribution in [0.25, 0.3) is 0 Å². The Hall–Kier alpha value is -0.700. The van der Waals surface area contributed by atoms with Crippen molar-refractivity contribution >= 4 is 17.1 Å². The van der Waals surface area contributed by atoms with Crippen LogP contribution in [0.2, 0.25) is 0 Å². The van der Waals surface area contributed by atoms with E-state index in [0.29, 0.717) is 11.7 Å². The first-order valence-corrected chi connectivity index (χ1v) is 6.53. The third kappa shape index (κ3) is 2.88. The molecule has 0 saturated heterocycles. The molecule has 0 aromatic carbocycles. The van der Waals surface area contributed by atoms with E-state index in [1.54, 1.807) is 6.20 Å². The molecule has 82 valence electrons. The highest BCUT2D eigenvalue weighted by Crippen LogP contribution is 2.28. The molecular formula is C12H17NOS. The maximum absolute atomic E-state index is 11.9. The number of hydrogen-bond acceptors (Lipinski definition) is 3. The summed E-state index contributed by atoms with van der Waals surface area (Å²) in [6, 6.07) is 0. The van der Waals surface area contributed by atoms with Gasteiger partial charge in [-0.2, -0.15) is 0 Å². The molecule has 1 fully saturated rings. The number of carbonyl (C=O) groups is 1. The van der Waals surface area contributed by atoms with Gasteiger partial charge < -0.3 is 0 Å². The van der Waals surface area contributed by atoms with Gasteiger partial charge in [0.15, 0.2) is 5.78 Å². The van der Waals surface area contributed by atoms with Gasteiger partial charge in [0.1, 0.15) is 0 Å². The molecule has 0 radical (unpaired) electrons. The second-order valence-corrected chi connectivity index (χ2v) is 5.61. The third-order valence-corrected chi connectivity index (χ3v) is 4.05. The van der Waals surface area contributed by atoms with Crippen molar-refractivity contribution in [1.82, 2.24) is 4.98 Å². The largest absolute Gasteiger partial charge is 0.293 e. The molecule has 0 aliphatic heterocycles. The summed E-state index contributed by atoms with van der Waals surface area (Å²) in [4.78, 5) is 16.9. The highest BCUT2D eigenvalue weighted by molar-refractivity contribution is 7.13. The fourth-order valence-electron chi connectivity index (χ4n) is 2.24. The van der Waals surface area contributed by atoms with Crippen molar-refractivity contribution in [3.63, 3.8) is 0 Å². The van der Waals surface area contributed by atoms with Gasteiger partial charge in [-0.15, -0.1) is 11.3 Å². The number of carbonyl (C=O) groups excluding carboxylic acids is 1. The van der Waals surface area contributed by atoms with E-state index in [-0.39, 0.29) is 0 Å². The highest BCUT2D eigenvalue weighted by Gasteiger charge is 2.18. The second-order valence-electron chi connectivity index (χ2n) is 4.37. The van der Waals surface area contributed by atoms with Crippen molar-refractivity contribution in [1.29, 1.82) is 0 Å². The summed E-state index contributed by atoms with van der Waals surface area (Å²) in [7, 11) is 0. The summed E-state index contributed by atoms with van der Waals surface area (Å²) >= 11 is 1.52. The molecule has 0 N–H and O–H groups in total. The lowest BCUT2D eigenvalue weighted by Gasteiger charge is -2.20. The zero-order chi connectivity index (χ0) is 10.7. The number of thiazole rings is 1. The predicted octanol–water partition coefficient (Wildman–Crippen LogP) is 3.60. The predicted molar refractivity (Wildman–Crippen MR) is 62.4 cm³/mol. The van der Waals surface area contributed by atoms with Crippen LogP contribution in [0.3, 0.4) is 0 Å². The Kier molecular flexibility index (Phi) is 3.52. The van der Waals surface area contributed by atoms with Crippen molar-refractivity contribution < 1.29 is 4.79 Å². The van der Waals surface area contributed by atoms with Gasteiger partial charge in [-0.25, -0.2) is 4.98 Å². The first kappa shape index (κ1) is 10.8. The maximum Gasteiger partial charge on any atom is 0.174 e. The maximum atomic E-state index is 11.9. The van der Waals surface area contributed by atoms with Crippen LogP contribution in [-0.2, 0) is 0 Å². The molecule has 0 spiro atoms. The SMILES string of the molecule is Cc1ncc(C(=O)CC2CCCCC2)s1. The number of aryl methyl sites for hydroxylation is 1. The Balaban J connectivity index is 1.91. The number of ketones is 1. The molecule has 0 amide bonds. The number of Topliss-reactive ketones (excluding diaryl/α,β-unsaturated/α-hetero) is 1. The molecule has 1 aliphatic rings. The summed E-state index contributed by atoms with van der Waals surface area (Å²) in [5.74, 6) is 0.932. The molecule has 2 rings (SSSR count). The van der Waals surface area contributed by atoms with Gasteiger partial charge in [0.2, 0.25) is 0 Å². The van der Waals surface area contributed by atoms with E-state index < -0.39 is 0 Å². The molecule has 1 aromatic rings. The summed E-state index contributed by atoms with van der Waals surface area (Å²) in [5, 5.41) is 0.988. The third-order valence-electron chi connectivity index (χ3n) is 3.09. The van der Waals surface area contributed by atoms with Crippen molar-refractivity contribution in [3.05, 3.63) is 16.1 Å². The molecule has 0 unspecified atom stereocenters. The van der Waals surface area contributed by atoms with Crippen LogP contribution in [-0.4, -0.2) is 10.8 Å². The average molecular weight is 223 g/mol. The van der Waals surface area contributed by atoms with E-state index in [1.165, 1.54) is 43.4 Å². The van der Waals surface area contributed by atoms with Crippen LogP contribution >= 0.6 is 11.3 Å². The minimum Gasteiger partial charge on any atom is -0.293 e. The molecule has 1 aromatic heterocycles. The minimum atomic E-state index is 0.299. The van der Waals surface area contributed by atoms with Gasteiger partial charge in [-0.1, -0.05) is 32.1 Å². The van der Waals surface area contributed by atoms with Gasteiger partial charge >= 0.3 is 0 Å². The number of aromatic nitrogens is 1. The molecule has 0 bridgehead atoms. The van der Waals surface area contributed by atoms with Crippen LogP contribution in [0.4, 0.5) is 0 Å². The standard InChI is InChI=1S/C12H17NOS/c1-9-13-8-12(15-9)11(14)7-10-5-3-2-4-6-10/h8,10H,2-7H2,1H3. The van der Waals surface area contributed by atoms with Crippen molar-refractivity contribution in [3.8, 4) is 0 Å². The lowest BCUT2D eigenvalue weighted by Crippen LogP contribution is -2.11. The van der Waals surface area contributed by atoms with Crippen LogP contribution < -0.4 is 0 Å². The molecule has 1 saturated carbocycles. The van der Waals surface area contributed by atoms with E-state index in [1.807, 2.05) is 6.92 Å². The summed E-state index contributed by atoms with van der Waals surface area (Å²) < 4.78 is 0. The molecule has 1 aliphatic carbocycles. The van der Waals surface area contributed by atoms with E-state index in [9.17, 15) is 4.79 Å². The molecule has 1 heterocycles. The fourth-order valence-corrected chi connectivity index (χ4v) is 2.97. The molecule has 15 heavy (non-hydrogen) atoms. The zero-order valence-electron chi connectivity index (χ0n) is 9.16. The molecule has 3 heteroatoms. The van der Waals surface area contributed by atoms with Gasteiger partial charge in [-0.05, 0) is 12.8 Å². The van der Waals surface area contributed by atoms with Crippen LogP contribution in [0, 0.1) is 12.8 Å². The van der Waals surface area contributed by atoms with Gasteiger partial charge in [-0.3, -0.25) is 4.79 Å².